The van der Waals surface area contributed by atoms with E-state index in [1.165, 1.54) is 6.07 Å². The van der Waals surface area contributed by atoms with Crippen molar-refractivity contribution in [2.24, 2.45) is 0 Å². The van der Waals surface area contributed by atoms with E-state index in [2.05, 4.69) is 5.32 Å². The van der Waals surface area contributed by atoms with Crippen LogP contribution in [0, 0.1) is 0 Å². The number of carbonyl (C=O) groups excluding carboxylic acids is 1. The Balaban J connectivity index is 1.81. The minimum atomic E-state index is -1.33. The molecule has 1 aliphatic heterocycles. The molecule has 4 rings (SSSR count). The molecular weight excluding hydrogens is 400 g/mol. The largest absolute Gasteiger partial charge is 0.493 e. The van der Waals surface area contributed by atoms with Gasteiger partial charge in [0.05, 0.1) is 19.2 Å². The number of nitrogens with one attached hydrogen (secondary N) is 1. The second-order valence-electron chi connectivity index (χ2n) is 8.36. The van der Waals surface area contributed by atoms with Gasteiger partial charge in [-0.25, -0.2) is 4.79 Å². The van der Waals surface area contributed by atoms with Crippen LogP contribution in [0.3, 0.4) is 0 Å². The predicted octanol–water partition coefficient (Wildman–Crippen LogP) is 3.09. The van der Waals surface area contributed by atoms with Crippen LogP contribution in [0.15, 0.2) is 23.0 Å². The molecule has 2 aromatic rings. The summed E-state index contributed by atoms with van der Waals surface area (Å²) in [4.78, 5) is 38.6. The van der Waals surface area contributed by atoms with Gasteiger partial charge >= 0.3 is 5.97 Å². The molecule has 1 aromatic carbocycles. The Morgan fingerprint density at radius 1 is 1.13 bits per heavy atom. The second-order valence-corrected chi connectivity index (χ2v) is 8.36. The van der Waals surface area contributed by atoms with E-state index in [9.17, 15) is 19.5 Å². The maximum Gasteiger partial charge on any atom is 0.329 e. The lowest BCUT2D eigenvalue weighted by Crippen LogP contribution is -2.55. The molecule has 1 amide bonds. The number of aryl methyl sites for hydroxylation is 1. The molecule has 1 aliphatic carbocycles. The number of methoxy groups -OCH3 is 1. The molecule has 8 heteroatoms. The summed E-state index contributed by atoms with van der Waals surface area (Å²) in [5.74, 6) is -0.656. The fourth-order valence-corrected chi connectivity index (χ4v) is 4.66. The van der Waals surface area contributed by atoms with Crippen LogP contribution in [0.25, 0.3) is 10.9 Å². The van der Waals surface area contributed by atoms with E-state index in [1.54, 1.807) is 23.8 Å². The number of benzene rings is 1. The predicted molar refractivity (Wildman–Crippen MR) is 115 cm³/mol. The number of amides is 1. The Labute approximate surface area is 180 Å². The quantitative estimate of drug-likeness (QED) is 0.725. The molecule has 2 N–H and O–H groups in total. The van der Waals surface area contributed by atoms with Gasteiger partial charge in [-0.3, -0.25) is 9.59 Å². The minimum absolute atomic E-state index is 0.0472. The summed E-state index contributed by atoms with van der Waals surface area (Å²) in [6, 6.07) is 5.07. The number of ether oxygens (including phenoxy) is 2. The van der Waals surface area contributed by atoms with Crippen molar-refractivity contribution in [2.75, 3.05) is 13.7 Å². The van der Waals surface area contributed by atoms with Gasteiger partial charge in [-0.15, -0.1) is 0 Å². The number of rotatable bonds is 4. The third-order valence-electron chi connectivity index (χ3n) is 6.38. The van der Waals surface area contributed by atoms with Crippen LogP contribution in [0.2, 0.25) is 0 Å². The zero-order chi connectivity index (χ0) is 22.0. The van der Waals surface area contributed by atoms with Crippen molar-refractivity contribution in [2.45, 2.75) is 63.5 Å². The smallest absolute Gasteiger partial charge is 0.329 e. The van der Waals surface area contributed by atoms with E-state index in [0.717, 1.165) is 38.5 Å². The summed E-state index contributed by atoms with van der Waals surface area (Å²) in [6.45, 7) is 0.969. The zero-order valence-electron chi connectivity index (χ0n) is 17.7. The first-order chi connectivity index (χ1) is 15.0. The average molecular weight is 428 g/mol. The molecule has 0 spiro atoms. The van der Waals surface area contributed by atoms with Crippen LogP contribution in [-0.2, 0) is 11.3 Å². The van der Waals surface area contributed by atoms with Crippen molar-refractivity contribution in [3.63, 3.8) is 0 Å². The van der Waals surface area contributed by atoms with Crippen LogP contribution >= 0.6 is 0 Å². The maximum atomic E-state index is 13.3. The van der Waals surface area contributed by atoms with Gasteiger partial charge in [-0.2, -0.15) is 0 Å². The maximum absolute atomic E-state index is 13.3. The highest BCUT2D eigenvalue weighted by Gasteiger charge is 2.40. The van der Waals surface area contributed by atoms with Gasteiger partial charge in [0.25, 0.3) is 11.5 Å². The molecule has 0 unspecified atom stereocenters. The van der Waals surface area contributed by atoms with Gasteiger partial charge in [-0.1, -0.05) is 25.7 Å². The van der Waals surface area contributed by atoms with Gasteiger partial charge in [0.1, 0.15) is 11.1 Å². The van der Waals surface area contributed by atoms with Gasteiger partial charge in [-0.05, 0) is 43.9 Å². The molecule has 166 valence electrons. The molecule has 1 aromatic heterocycles. The lowest BCUT2D eigenvalue weighted by atomic mass is 9.90. The molecule has 1 fully saturated rings. The van der Waals surface area contributed by atoms with Crippen LogP contribution in [0.4, 0.5) is 0 Å². The average Bonchev–Trinajstić information content (AvgIpc) is 2.98. The first kappa shape index (κ1) is 21.2. The molecular formula is C23H28N2O6. The van der Waals surface area contributed by atoms with Crippen molar-refractivity contribution in [3.05, 3.63) is 34.1 Å². The highest BCUT2D eigenvalue weighted by Crippen LogP contribution is 2.36. The third-order valence-corrected chi connectivity index (χ3v) is 6.38. The summed E-state index contributed by atoms with van der Waals surface area (Å²) >= 11 is 0. The van der Waals surface area contributed by atoms with E-state index < -0.39 is 23.0 Å². The van der Waals surface area contributed by atoms with Gasteiger partial charge in [0.15, 0.2) is 11.5 Å². The summed E-state index contributed by atoms with van der Waals surface area (Å²) < 4.78 is 12.9. The number of pyridine rings is 1. The number of hydrogen-bond acceptors (Lipinski definition) is 5. The fraction of sp³-hybridized carbons (Fsp3) is 0.522. The first-order valence-corrected chi connectivity index (χ1v) is 10.9. The van der Waals surface area contributed by atoms with E-state index in [-0.39, 0.29) is 5.56 Å². The van der Waals surface area contributed by atoms with Crippen LogP contribution in [-0.4, -0.2) is 40.8 Å². The number of carbonyl (C=O) groups is 2. The number of aromatic nitrogens is 1. The number of aliphatic carboxylic acids is 1. The van der Waals surface area contributed by atoms with Gasteiger partial charge in [0.2, 0.25) is 0 Å². The van der Waals surface area contributed by atoms with Crippen molar-refractivity contribution in [1.82, 2.24) is 9.88 Å². The molecule has 0 saturated heterocycles. The summed E-state index contributed by atoms with van der Waals surface area (Å²) in [7, 11) is 1.54. The molecule has 31 heavy (non-hydrogen) atoms. The Kier molecular flexibility index (Phi) is 5.89. The second kappa shape index (κ2) is 8.61. The molecule has 0 atom stereocenters. The number of carboxylic acids is 1. The standard InChI is InChI=1S/C23H28N2O6/c1-30-17-9-8-15-14-16(21(27)25-12-6-7-13-31-19(17)18(15)25)20(26)24-23(22(28)29)10-4-2-3-5-11-23/h8-9,14H,2-7,10-13H2,1H3,(H,24,26)(H,28,29). The lowest BCUT2D eigenvalue weighted by Gasteiger charge is -2.29. The Bertz CT molecular complexity index is 1070. The van der Waals surface area contributed by atoms with E-state index in [1.807, 2.05) is 0 Å². The molecule has 8 nitrogen and oxygen atoms in total. The zero-order valence-corrected chi connectivity index (χ0v) is 17.7. The number of nitrogens with zero attached hydrogens (tertiary/aromatic N) is 1. The highest BCUT2D eigenvalue weighted by molar-refractivity contribution is 6.01. The SMILES string of the molecule is COc1ccc2cc(C(=O)NC3(C(=O)O)CCCCCC3)c(=O)n3c2c1OCCCC3. The van der Waals surface area contributed by atoms with Gasteiger partial charge < -0.3 is 24.5 Å². The minimum Gasteiger partial charge on any atom is -0.493 e. The summed E-state index contributed by atoms with van der Waals surface area (Å²) in [5.41, 5.74) is -1.23. The fourth-order valence-electron chi connectivity index (χ4n) is 4.66. The Hall–Kier alpha value is -3.03. The highest BCUT2D eigenvalue weighted by atomic mass is 16.5. The first-order valence-electron chi connectivity index (χ1n) is 10.9. The summed E-state index contributed by atoms with van der Waals surface area (Å²) in [6.07, 6.45) is 5.58. The molecule has 2 heterocycles. The molecule has 1 saturated carbocycles. The lowest BCUT2D eigenvalue weighted by molar-refractivity contribution is -0.145. The third kappa shape index (κ3) is 3.86. The number of hydrogen-bond donors (Lipinski definition) is 2. The van der Waals surface area contributed by atoms with Crippen molar-refractivity contribution in [3.8, 4) is 11.5 Å². The summed E-state index contributed by atoms with van der Waals surface area (Å²) in [5, 5.41) is 13.3. The van der Waals surface area contributed by atoms with Crippen LogP contribution in [0.5, 0.6) is 11.5 Å². The van der Waals surface area contributed by atoms with Crippen molar-refractivity contribution in [1.29, 1.82) is 0 Å². The molecule has 0 radical (unpaired) electrons. The van der Waals surface area contributed by atoms with Crippen molar-refractivity contribution >= 4 is 22.8 Å². The van der Waals surface area contributed by atoms with Crippen LogP contribution in [0.1, 0.15) is 61.7 Å². The van der Waals surface area contributed by atoms with E-state index in [0.29, 0.717) is 48.4 Å². The molecule has 2 aliphatic rings. The van der Waals surface area contributed by atoms with Crippen molar-refractivity contribution < 1.29 is 24.2 Å². The monoisotopic (exact) mass is 428 g/mol. The Morgan fingerprint density at radius 2 is 1.87 bits per heavy atom. The normalized spacial score (nSPS) is 18.2. The Morgan fingerprint density at radius 3 is 2.55 bits per heavy atom. The van der Waals surface area contributed by atoms with E-state index in [4.69, 9.17) is 9.47 Å². The van der Waals surface area contributed by atoms with E-state index >= 15 is 0 Å². The molecule has 0 bridgehead atoms. The topological polar surface area (TPSA) is 107 Å². The van der Waals surface area contributed by atoms with Gasteiger partial charge in [0, 0.05) is 11.9 Å². The number of carboxylic acid groups (broad SMARTS) is 1. The van der Waals surface area contributed by atoms with Crippen LogP contribution < -0.4 is 20.3 Å².